The van der Waals surface area contributed by atoms with Gasteiger partial charge in [0.2, 0.25) is 0 Å². The van der Waals surface area contributed by atoms with E-state index in [1.165, 1.54) is 0 Å². The molecule has 0 saturated carbocycles. The quantitative estimate of drug-likeness (QED) is 0.488. The summed E-state index contributed by atoms with van der Waals surface area (Å²) < 4.78 is 6.50. The van der Waals surface area contributed by atoms with E-state index in [1.807, 2.05) is 66.7 Å². The molecule has 0 aromatic heterocycles. The maximum absolute atomic E-state index is 12.1. The first-order valence-electron chi connectivity index (χ1n) is 7.63. The van der Waals surface area contributed by atoms with E-state index in [2.05, 4.69) is 26.5 Å². The molecule has 4 nitrogen and oxygen atoms in total. The van der Waals surface area contributed by atoms with Gasteiger partial charge in [-0.15, -0.1) is 0 Å². The molecule has 5 heteroatoms. The monoisotopic (exact) mass is 394 g/mol. The van der Waals surface area contributed by atoms with Gasteiger partial charge in [-0.2, -0.15) is 5.10 Å². The first-order valence-corrected chi connectivity index (χ1v) is 8.42. The highest BCUT2D eigenvalue weighted by Gasteiger charge is 2.07. The van der Waals surface area contributed by atoms with Gasteiger partial charge in [0.1, 0.15) is 11.5 Å². The van der Waals surface area contributed by atoms with Gasteiger partial charge in [-0.25, -0.2) is 5.43 Å². The van der Waals surface area contributed by atoms with Crippen molar-refractivity contribution in [1.29, 1.82) is 0 Å². The number of para-hydroxylation sites is 1. The molecule has 124 valence electrons. The molecule has 0 radical (unpaired) electrons. The number of rotatable bonds is 5. The molecule has 25 heavy (non-hydrogen) atoms. The zero-order valence-corrected chi connectivity index (χ0v) is 14.8. The topological polar surface area (TPSA) is 50.7 Å². The lowest BCUT2D eigenvalue weighted by atomic mass is 10.2. The van der Waals surface area contributed by atoms with Crippen LogP contribution in [-0.4, -0.2) is 12.1 Å². The van der Waals surface area contributed by atoms with E-state index in [-0.39, 0.29) is 5.91 Å². The van der Waals surface area contributed by atoms with Crippen LogP contribution in [0, 0.1) is 0 Å². The van der Waals surface area contributed by atoms with Crippen LogP contribution in [0.5, 0.6) is 11.5 Å². The first-order chi connectivity index (χ1) is 12.2. The van der Waals surface area contributed by atoms with Crippen molar-refractivity contribution < 1.29 is 9.53 Å². The van der Waals surface area contributed by atoms with Gasteiger partial charge in [-0.05, 0) is 57.9 Å². The number of hydrogen-bond acceptors (Lipinski definition) is 3. The van der Waals surface area contributed by atoms with Crippen LogP contribution in [0.15, 0.2) is 88.4 Å². The molecule has 0 heterocycles. The minimum atomic E-state index is -0.277. The average molecular weight is 395 g/mol. The maximum Gasteiger partial charge on any atom is 0.272 e. The third-order valence-corrected chi connectivity index (χ3v) is 4.03. The normalized spacial score (nSPS) is 10.6. The standard InChI is InChI=1S/C20H15BrN2O2/c21-19-12-5-4-11-18(19)20(24)23-22-14-15-7-6-10-17(13-15)25-16-8-2-1-3-9-16/h1-14H,(H,23,24)/b22-14+. The number of hydrogen-bond donors (Lipinski definition) is 1. The Balaban J connectivity index is 1.65. The largest absolute Gasteiger partial charge is 0.457 e. The highest BCUT2D eigenvalue weighted by atomic mass is 79.9. The van der Waals surface area contributed by atoms with Gasteiger partial charge in [0, 0.05) is 4.47 Å². The maximum atomic E-state index is 12.1. The van der Waals surface area contributed by atoms with Crippen LogP contribution in [0.1, 0.15) is 15.9 Å². The summed E-state index contributed by atoms with van der Waals surface area (Å²) in [4.78, 5) is 12.1. The Labute approximate surface area is 154 Å². The summed E-state index contributed by atoms with van der Waals surface area (Å²) in [5.74, 6) is 1.19. The molecule has 0 unspecified atom stereocenters. The van der Waals surface area contributed by atoms with E-state index >= 15 is 0 Å². The van der Waals surface area contributed by atoms with E-state index in [9.17, 15) is 4.79 Å². The van der Waals surface area contributed by atoms with Crippen LogP contribution in [0.2, 0.25) is 0 Å². The zero-order chi connectivity index (χ0) is 17.5. The molecule has 0 saturated heterocycles. The number of carbonyl (C=O) groups excluding carboxylic acids is 1. The van der Waals surface area contributed by atoms with Gasteiger partial charge in [-0.1, -0.05) is 42.5 Å². The minimum Gasteiger partial charge on any atom is -0.457 e. The van der Waals surface area contributed by atoms with Gasteiger partial charge in [-0.3, -0.25) is 4.79 Å². The first kappa shape index (κ1) is 16.9. The molecule has 0 aliphatic heterocycles. The fraction of sp³-hybridized carbons (Fsp3) is 0. The van der Waals surface area contributed by atoms with Crippen molar-refractivity contribution in [1.82, 2.24) is 5.43 Å². The van der Waals surface area contributed by atoms with Crippen LogP contribution in [0.3, 0.4) is 0 Å². The lowest BCUT2D eigenvalue weighted by Crippen LogP contribution is -2.18. The Hall–Kier alpha value is -2.92. The summed E-state index contributed by atoms with van der Waals surface area (Å²) in [6, 6.07) is 24.2. The van der Waals surface area contributed by atoms with E-state index in [1.54, 1.807) is 18.3 Å². The van der Waals surface area contributed by atoms with Crippen molar-refractivity contribution in [3.05, 3.63) is 94.5 Å². The zero-order valence-electron chi connectivity index (χ0n) is 13.2. The Morgan fingerprint density at radius 3 is 2.44 bits per heavy atom. The predicted octanol–water partition coefficient (Wildman–Crippen LogP) is 5.01. The van der Waals surface area contributed by atoms with Gasteiger partial charge in [0.05, 0.1) is 11.8 Å². The molecule has 0 bridgehead atoms. The molecule has 3 aromatic rings. The molecule has 1 N–H and O–H groups in total. The summed E-state index contributed by atoms with van der Waals surface area (Å²) in [7, 11) is 0. The number of benzene rings is 3. The summed E-state index contributed by atoms with van der Waals surface area (Å²) in [6.45, 7) is 0. The van der Waals surface area contributed by atoms with Gasteiger partial charge in [0.25, 0.3) is 5.91 Å². The van der Waals surface area contributed by atoms with Gasteiger partial charge < -0.3 is 4.74 Å². The van der Waals surface area contributed by atoms with Crippen molar-refractivity contribution in [3.8, 4) is 11.5 Å². The number of nitrogens with one attached hydrogen (secondary N) is 1. The second kappa shape index (κ2) is 8.26. The second-order valence-electron chi connectivity index (χ2n) is 5.17. The number of ether oxygens (including phenoxy) is 1. The molecule has 0 fully saturated rings. The van der Waals surface area contributed by atoms with Crippen LogP contribution >= 0.6 is 15.9 Å². The number of halogens is 1. The second-order valence-corrected chi connectivity index (χ2v) is 6.02. The number of nitrogens with zero attached hydrogens (tertiary/aromatic N) is 1. The van der Waals surface area contributed by atoms with Crippen molar-refractivity contribution in [2.45, 2.75) is 0 Å². The van der Waals surface area contributed by atoms with E-state index < -0.39 is 0 Å². The molecule has 0 spiro atoms. The van der Waals surface area contributed by atoms with E-state index in [0.29, 0.717) is 11.3 Å². The van der Waals surface area contributed by atoms with Crippen LogP contribution in [0.25, 0.3) is 0 Å². The molecule has 0 atom stereocenters. The third kappa shape index (κ3) is 4.78. The van der Waals surface area contributed by atoms with Crippen LogP contribution in [0.4, 0.5) is 0 Å². The lowest BCUT2D eigenvalue weighted by Gasteiger charge is -2.06. The van der Waals surface area contributed by atoms with Gasteiger partial charge in [0.15, 0.2) is 0 Å². The highest BCUT2D eigenvalue weighted by Crippen LogP contribution is 2.21. The van der Waals surface area contributed by atoms with E-state index in [0.717, 1.165) is 15.8 Å². The fourth-order valence-electron chi connectivity index (χ4n) is 2.15. The summed E-state index contributed by atoms with van der Waals surface area (Å²) in [5, 5.41) is 4.01. The minimum absolute atomic E-state index is 0.277. The third-order valence-electron chi connectivity index (χ3n) is 3.34. The lowest BCUT2D eigenvalue weighted by molar-refractivity contribution is 0.0954. The Morgan fingerprint density at radius 2 is 1.64 bits per heavy atom. The Kier molecular flexibility index (Phi) is 5.59. The highest BCUT2D eigenvalue weighted by molar-refractivity contribution is 9.10. The molecular weight excluding hydrogens is 380 g/mol. The van der Waals surface area contributed by atoms with E-state index in [4.69, 9.17) is 4.74 Å². The Bertz CT molecular complexity index is 895. The number of carbonyl (C=O) groups is 1. The fourth-order valence-corrected chi connectivity index (χ4v) is 2.62. The van der Waals surface area contributed by atoms with Crippen molar-refractivity contribution in [2.75, 3.05) is 0 Å². The molecule has 1 amide bonds. The smallest absolute Gasteiger partial charge is 0.272 e. The SMILES string of the molecule is O=C(N/N=C/c1cccc(Oc2ccccc2)c1)c1ccccc1Br. The molecule has 3 rings (SSSR count). The summed E-state index contributed by atoms with van der Waals surface area (Å²) >= 11 is 3.35. The summed E-state index contributed by atoms with van der Waals surface area (Å²) in [5.41, 5.74) is 3.87. The Morgan fingerprint density at radius 1 is 0.920 bits per heavy atom. The van der Waals surface area contributed by atoms with Crippen molar-refractivity contribution in [3.63, 3.8) is 0 Å². The summed E-state index contributed by atoms with van der Waals surface area (Å²) in [6.07, 6.45) is 1.58. The van der Waals surface area contributed by atoms with Crippen LogP contribution < -0.4 is 10.2 Å². The average Bonchev–Trinajstić information content (AvgIpc) is 2.63. The van der Waals surface area contributed by atoms with Crippen molar-refractivity contribution in [2.24, 2.45) is 5.10 Å². The number of hydrazone groups is 1. The molecule has 3 aromatic carbocycles. The van der Waals surface area contributed by atoms with Gasteiger partial charge >= 0.3 is 0 Å². The predicted molar refractivity (Wildman–Crippen MR) is 102 cm³/mol. The number of amides is 1. The molecular formula is C20H15BrN2O2. The van der Waals surface area contributed by atoms with Crippen LogP contribution in [-0.2, 0) is 0 Å². The molecule has 0 aliphatic carbocycles. The van der Waals surface area contributed by atoms with Crippen molar-refractivity contribution >= 4 is 28.1 Å². The molecule has 0 aliphatic rings.